The van der Waals surface area contributed by atoms with Gasteiger partial charge in [-0.1, -0.05) is 59.5 Å². The average Bonchev–Trinajstić information content (AvgIpc) is 3.12. The van der Waals surface area contributed by atoms with E-state index >= 15 is 0 Å². The number of carbonyl (C=O) groups excluding carboxylic acids is 3. The number of amides is 2. The highest BCUT2D eigenvalue weighted by atomic mass is 35.6. The molecule has 0 aromatic heterocycles. The van der Waals surface area contributed by atoms with Crippen LogP contribution in [0.3, 0.4) is 0 Å². The number of nitrogens with zero attached hydrogens (tertiary/aromatic N) is 1. The molecule has 0 unspecified atom stereocenters. The van der Waals surface area contributed by atoms with Gasteiger partial charge < -0.3 is 31.8 Å². The van der Waals surface area contributed by atoms with Gasteiger partial charge in [0.15, 0.2) is 6.29 Å². The van der Waals surface area contributed by atoms with Crippen molar-refractivity contribution in [1.82, 2.24) is 0 Å². The topological polar surface area (TPSA) is 174 Å². The van der Waals surface area contributed by atoms with Crippen LogP contribution in [0.25, 0.3) is 0 Å². The summed E-state index contributed by atoms with van der Waals surface area (Å²) in [6, 6.07) is 14.8. The van der Waals surface area contributed by atoms with Gasteiger partial charge in [0.1, 0.15) is 23.7 Å². The fourth-order valence-electron chi connectivity index (χ4n) is 2.42. The molecular formula is C25H24Cl3F3N4O6. The molecule has 3 aromatic carbocycles. The van der Waals surface area contributed by atoms with Crippen LogP contribution >= 0.6 is 34.8 Å². The number of nitrogens with one attached hydrogen (secondary N) is 2. The second-order valence-electron chi connectivity index (χ2n) is 7.19. The number of anilines is 3. The summed E-state index contributed by atoms with van der Waals surface area (Å²) in [5, 5.41) is 31.2. The van der Waals surface area contributed by atoms with Gasteiger partial charge in [-0.2, -0.15) is 0 Å². The molecule has 4 rings (SSSR count). The maximum atomic E-state index is 12.6. The molecule has 7 N–H and O–H groups in total. The molecular weight excluding hydrogens is 616 g/mol. The number of aliphatic hydroxyl groups is 2. The molecule has 41 heavy (non-hydrogen) atoms. The summed E-state index contributed by atoms with van der Waals surface area (Å²) in [5.74, 6) is -3.12. The normalized spacial score (nSPS) is 11.4. The number of oxime groups is 1. The smallest absolute Gasteiger partial charge is 0.296 e. The number of hydrogen-bond donors (Lipinski definition) is 6. The molecule has 1 aliphatic rings. The third-order valence-corrected chi connectivity index (χ3v) is 4.67. The minimum absolute atomic E-state index is 0. The number of rotatable bonds is 2. The number of nitrogens with two attached hydrogens (primary N) is 1. The number of benzene rings is 3. The Bertz CT molecular complexity index is 1340. The van der Waals surface area contributed by atoms with Crippen LogP contribution in [-0.4, -0.2) is 49.3 Å². The Hall–Kier alpha value is -3.88. The summed E-state index contributed by atoms with van der Waals surface area (Å²) in [6.07, 6.45) is -1.22. The van der Waals surface area contributed by atoms with Crippen LogP contribution in [-0.2, 0) is 9.59 Å². The van der Waals surface area contributed by atoms with Crippen molar-refractivity contribution in [3.8, 4) is 0 Å². The third kappa shape index (κ3) is 14.4. The second-order valence-corrected chi connectivity index (χ2v) is 9.56. The molecule has 2 amide bonds. The second kappa shape index (κ2) is 17.7. The maximum absolute atomic E-state index is 12.6. The summed E-state index contributed by atoms with van der Waals surface area (Å²) < 4.78 is 35.2. The summed E-state index contributed by atoms with van der Waals surface area (Å²) in [6.45, 7) is 0. The van der Waals surface area contributed by atoms with E-state index in [1.165, 1.54) is 36.4 Å². The SMILES string of the molecule is C.Nc1cccc(F)c1.O=C(/C=N/O)Nc1cccc(F)c1.O=C1Nc2cc(F)ccc2C1=O.OC(O)C(Cl)(Cl)Cl. The van der Waals surface area contributed by atoms with Gasteiger partial charge in [-0.3, -0.25) is 14.4 Å². The predicted octanol–water partition coefficient (Wildman–Crippen LogP) is 4.90. The van der Waals surface area contributed by atoms with Gasteiger partial charge in [0.25, 0.3) is 17.6 Å². The summed E-state index contributed by atoms with van der Waals surface area (Å²) in [4.78, 5) is 32.5. The Morgan fingerprint density at radius 1 is 0.951 bits per heavy atom. The molecule has 0 bridgehead atoms. The number of ketones is 1. The van der Waals surface area contributed by atoms with E-state index in [1.54, 1.807) is 12.1 Å². The molecule has 10 nitrogen and oxygen atoms in total. The van der Waals surface area contributed by atoms with Crippen molar-refractivity contribution < 1.29 is 43.0 Å². The van der Waals surface area contributed by atoms with Gasteiger partial charge in [-0.25, -0.2) is 13.2 Å². The highest BCUT2D eigenvalue weighted by Crippen LogP contribution is 2.28. The first-order valence-corrected chi connectivity index (χ1v) is 11.6. The van der Waals surface area contributed by atoms with Crippen LogP contribution in [0.15, 0.2) is 71.9 Å². The molecule has 0 atom stereocenters. The molecule has 0 fully saturated rings. The summed E-state index contributed by atoms with van der Waals surface area (Å²) in [5.41, 5.74) is 6.48. The van der Waals surface area contributed by atoms with E-state index in [-0.39, 0.29) is 24.5 Å². The third-order valence-electron chi connectivity index (χ3n) is 4.09. The number of nitrogen functional groups attached to an aromatic ring is 1. The zero-order valence-corrected chi connectivity index (χ0v) is 22.1. The highest BCUT2D eigenvalue weighted by molar-refractivity contribution is 6.67. The van der Waals surface area contributed by atoms with Gasteiger partial charge in [-0.15, -0.1) is 0 Å². The lowest BCUT2D eigenvalue weighted by Crippen LogP contribution is -2.23. The van der Waals surface area contributed by atoms with Crippen LogP contribution in [0.5, 0.6) is 0 Å². The van der Waals surface area contributed by atoms with Crippen LogP contribution in [0.1, 0.15) is 17.8 Å². The Morgan fingerprint density at radius 3 is 1.95 bits per heavy atom. The summed E-state index contributed by atoms with van der Waals surface area (Å²) >= 11 is 14.7. The Kier molecular flexibility index (Phi) is 16.1. The lowest BCUT2D eigenvalue weighted by Gasteiger charge is -2.10. The first kappa shape index (κ1) is 37.1. The Labute approximate surface area is 247 Å². The average molecular weight is 640 g/mol. The predicted molar refractivity (Wildman–Crippen MR) is 151 cm³/mol. The van der Waals surface area contributed by atoms with E-state index in [4.69, 9.17) is 56.0 Å². The van der Waals surface area contributed by atoms with Gasteiger partial charge in [0, 0.05) is 11.4 Å². The van der Waals surface area contributed by atoms with E-state index in [9.17, 15) is 27.6 Å². The zero-order valence-electron chi connectivity index (χ0n) is 19.9. The fourth-order valence-corrected chi connectivity index (χ4v) is 2.42. The molecule has 1 aliphatic heterocycles. The molecule has 0 spiro atoms. The molecule has 0 saturated carbocycles. The molecule has 0 saturated heterocycles. The Balaban J connectivity index is 0.000000533. The van der Waals surface area contributed by atoms with E-state index < -0.39 is 39.3 Å². The van der Waals surface area contributed by atoms with E-state index in [1.807, 2.05) is 0 Å². The van der Waals surface area contributed by atoms with Crippen molar-refractivity contribution in [1.29, 1.82) is 0 Å². The number of aliphatic hydroxyl groups excluding tert-OH is 1. The Morgan fingerprint density at radius 2 is 1.49 bits per heavy atom. The van der Waals surface area contributed by atoms with Gasteiger partial charge in [-0.05, 0) is 54.6 Å². The number of Topliss-reactive ketones (excluding diaryl/α,β-unsaturated/α-hetero) is 1. The highest BCUT2D eigenvalue weighted by Gasteiger charge is 2.28. The number of carbonyl (C=O) groups is 3. The molecule has 3 aromatic rings. The molecule has 222 valence electrons. The minimum atomic E-state index is -1.97. The van der Waals surface area contributed by atoms with Crippen molar-refractivity contribution in [2.24, 2.45) is 5.16 Å². The number of fused-ring (bicyclic) bond motifs is 1. The largest absolute Gasteiger partial charge is 0.411 e. The van der Waals surface area contributed by atoms with E-state index in [2.05, 4.69) is 15.8 Å². The standard InChI is InChI=1S/C8H7FN2O2.C8H4FNO2.C6H6FN.C2H3Cl3O2.CH4/c9-6-2-1-3-7(4-6)11-8(12)5-10-13;9-4-1-2-5-6(3-4)10-8(12)7(5)11;7-5-2-1-3-6(8)4-5;3-2(4,5)1(6)7;/h1-5,13H,(H,11,12);1-3H,(H,10,11,12);1-4H,8H2;1,6-7H;1H4/b10-5+;;;;. The van der Waals surface area contributed by atoms with Crippen molar-refractivity contribution in [2.75, 3.05) is 16.4 Å². The number of halogens is 6. The lowest BCUT2D eigenvalue weighted by molar-refractivity contribution is -0.112. The molecule has 1 heterocycles. The molecule has 0 radical (unpaired) electrons. The van der Waals surface area contributed by atoms with Crippen LogP contribution in [0, 0.1) is 17.5 Å². The van der Waals surface area contributed by atoms with Gasteiger partial charge in [0.2, 0.25) is 3.79 Å². The van der Waals surface area contributed by atoms with Crippen LogP contribution in [0.4, 0.5) is 30.2 Å². The first-order valence-electron chi connectivity index (χ1n) is 10.5. The van der Waals surface area contributed by atoms with Crippen molar-refractivity contribution in [3.63, 3.8) is 0 Å². The van der Waals surface area contributed by atoms with Crippen molar-refractivity contribution >= 4 is 75.7 Å². The maximum Gasteiger partial charge on any atom is 0.296 e. The molecule has 16 heteroatoms. The van der Waals surface area contributed by atoms with Crippen LogP contribution < -0.4 is 16.4 Å². The number of alkyl halides is 3. The van der Waals surface area contributed by atoms with E-state index in [0.29, 0.717) is 17.6 Å². The quantitative estimate of drug-likeness (QED) is 0.0440. The fraction of sp³-hybridized carbons (Fsp3) is 0.120. The van der Waals surface area contributed by atoms with Crippen molar-refractivity contribution in [3.05, 3.63) is 89.7 Å². The number of hydrogen-bond acceptors (Lipinski definition) is 8. The van der Waals surface area contributed by atoms with Crippen LogP contribution in [0.2, 0.25) is 0 Å². The zero-order chi connectivity index (χ0) is 30.5. The monoisotopic (exact) mass is 638 g/mol. The van der Waals surface area contributed by atoms with E-state index in [0.717, 1.165) is 18.2 Å². The molecule has 0 aliphatic carbocycles. The van der Waals surface area contributed by atoms with Gasteiger partial charge >= 0.3 is 0 Å². The lowest BCUT2D eigenvalue weighted by atomic mass is 10.1. The van der Waals surface area contributed by atoms with Gasteiger partial charge in [0.05, 0.1) is 11.3 Å². The summed E-state index contributed by atoms with van der Waals surface area (Å²) in [7, 11) is 0. The first-order chi connectivity index (χ1) is 18.6. The van der Waals surface area contributed by atoms with Crippen molar-refractivity contribution in [2.45, 2.75) is 17.5 Å². The minimum Gasteiger partial charge on any atom is -0.411 e.